The van der Waals surface area contributed by atoms with E-state index in [0.29, 0.717) is 16.9 Å². The Morgan fingerprint density at radius 1 is 0.862 bits per heavy atom. The number of halogens is 1. The number of fused-ring (bicyclic) bond motifs is 1. The molecule has 0 radical (unpaired) electrons. The molecule has 0 atom stereocenters. The van der Waals surface area contributed by atoms with E-state index in [4.69, 9.17) is 0 Å². The Labute approximate surface area is 166 Å². The summed E-state index contributed by atoms with van der Waals surface area (Å²) in [6, 6.07) is 15.8. The monoisotopic (exact) mass is 388 g/mol. The van der Waals surface area contributed by atoms with Crippen LogP contribution in [-0.2, 0) is 0 Å². The Morgan fingerprint density at radius 2 is 1.59 bits per heavy atom. The van der Waals surface area contributed by atoms with Gasteiger partial charge in [0.2, 0.25) is 0 Å². The Morgan fingerprint density at radius 3 is 2.31 bits per heavy atom. The molecule has 0 saturated heterocycles. The van der Waals surface area contributed by atoms with E-state index in [-0.39, 0.29) is 16.7 Å². The number of nitrogens with zero attached hydrogens (tertiary/aromatic N) is 1. The first kappa shape index (κ1) is 18.6. The molecule has 3 aromatic rings. The molecule has 1 heterocycles. The maximum absolute atomic E-state index is 13.7. The van der Waals surface area contributed by atoms with Gasteiger partial charge in [-0.25, -0.2) is 9.29 Å². The number of carbonyl (C=O) groups is 3. The molecule has 1 aliphatic heterocycles. The molecule has 0 aliphatic carbocycles. The van der Waals surface area contributed by atoms with Gasteiger partial charge >= 0.3 is 0 Å². The first-order chi connectivity index (χ1) is 13.9. The number of carbonyl (C=O) groups excluding carboxylic acids is 3. The minimum absolute atomic E-state index is 0.168. The van der Waals surface area contributed by atoms with Crippen LogP contribution in [-0.4, -0.2) is 17.7 Å². The summed E-state index contributed by atoms with van der Waals surface area (Å²) in [5, 5.41) is 2.61. The van der Waals surface area contributed by atoms with Crippen molar-refractivity contribution in [2.75, 3.05) is 10.2 Å². The summed E-state index contributed by atoms with van der Waals surface area (Å²) >= 11 is 0. The van der Waals surface area contributed by atoms with Gasteiger partial charge in [-0.05, 0) is 61.4 Å². The van der Waals surface area contributed by atoms with Crippen LogP contribution in [0.15, 0.2) is 60.7 Å². The van der Waals surface area contributed by atoms with E-state index in [1.807, 2.05) is 19.1 Å². The smallest absolute Gasteiger partial charge is 0.266 e. The van der Waals surface area contributed by atoms with Crippen LogP contribution in [0.3, 0.4) is 0 Å². The zero-order valence-corrected chi connectivity index (χ0v) is 15.8. The highest BCUT2D eigenvalue weighted by atomic mass is 19.1. The van der Waals surface area contributed by atoms with Crippen molar-refractivity contribution in [1.29, 1.82) is 0 Å². The molecule has 3 amide bonds. The Bertz CT molecular complexity index is 1190. The number of anilines is 2. The van der Waals surface area contributed by atoms with Gasteiger partial charge in [0.25, 0.3) is 17.7 Å². The van der Waals surface area contributed by atoms with Crippen molar-refractivity contribution >= 4 is 29.1 Å². The van der Waals surface area contributed by atoms with Crippen molar-refractivity contribution in [3.05, 3.63) is 94.3 Å². The number of imide groups is 1. The van der Waals surface area contributed by atoms with Gasteiger partial charge in [0.1, 0.15) is 5.82 Å². The number of nitrogens with one attached hydrogen (secondary N) is 1. The summed E-state index contributed by atoms with van der Waals surface area (Å²) in [6.45, 7) is 3.45. The number of aryl methyl sites for hydroxylation is 2. The zero-order chi connectivity index (χ0) is 20.7. The third kappa shape index (κ3) is 3.18. The van der Waals surface area contributed by atoms with Crippen LogP contribution < -0.4 is 10.2 Å². The number of amides is 3. The number of hydrogen-bond donors (Lipinski definition) is 1. The lowest BCUT2D eigenvalue weighted by Crippen LogP contribution is -2.29. The molecule has 1 aliphatic rings. The molecule has 144 valence electrons. The molecule has 6 heteroatoms. The van der Waals surface area contributed by atoms with Crippen LogP contribution in [0.25, 0.3) is 0 Å². The molecule has 4 rings (SSSR count). The molecule has 3 aromatic carbocycles. The minimum Gasteiger partial charge on any atom is -0.322 e. The van der Waals surface area contributed by atoms with Crippen LogP contribution in [0.2, 0.25) is 0 Å². The molecule has 0 aromatic heterocycles. The molecule has 0 saturated carbocycles. The van der Waals surface area contributed by atoms with Gasteiger partial charge in [-0.3, -0.25) is 14.4 Å². The van der Waals surface area contributed by atoms with Gasteiger partial charge < -0.3 is 5.32 Å². The Hall–Kier alpha value is -3.80. The Balaban J connectivity index is 1.64. The van der Waals surface area contributed by atoms with Crippen molar-refractivity contribution in [3.8, 4) is 0 Å². The zero-order valence-electron chi connectivity index (χ0n) is 15.8. The maximum atomic E-state index is 13.7. The fraction of sp³-hybridized carbons (Fsp3) is 0.0870. The van der Waals surface area contributed by atoms with Gasteiger partial charge in [-0.2, -0.15) is 0 Å². The largest absolute Gasteiger partial charge is 0.322 e. The third-order valence-corrected chi connectivity index (χ3v) is 4.93. The van der Waals surface area contributed by atoms with E-state index in [1.165, 1.54) is 24.3 Å². The van der Waals surface area contributed by atoms with E-state index in [1.54, 1.807) is 31.2 Å². The van der Waals surface area contributed by atoms with E-state index in [9.17, 15) is 18.8 Å². The number of rotatable bonds is 3. The van der Waals surface area contributed by atoms with E-state index in [2.05, 4.69) is 5.32 Å². The van der Waals surface area contributed by atoms with Crippen LogP contribution in [0.5, 0.6) is 0 Å². The standard InChI is InChI=1S/C23H17FN2O3/c1-13-7-9-16(12-19(13)24)25-21(27)15-8-10-17-18(11-15)23(29)26(22(17)28)20-6-4-3-5-14(20)2/h3-12H,1-2H3,(H,25,27). The van der Waals surface area contributed by atoms with Crippen LogP contribution in [0, 0.1) is 19.7 Å². The molecule has 0 bridgehead atoms. The molecule has 29 heavy (non-hydrogen) atoms. The fourth-order valence-corrected chi connectivity index (χ4v) is 3.29. The second-order valence-corrected chi connectivity index (χ2v) is 6.91. The van der Waals surface area contributed by atoms with Crippen molar-refractivity contribution in [2.45, 2.75) is 13.8 Å². The molecule has 1 N–H and O–H groups in total. The minimum atomic E-state index is -0.495. The van der Waals surface area contributed by atoms with Crippen LogP contribution >= 0.6 is 0 Å². The first-order valence-electron chi connectivity index (χ1n) is 9.03. The molecule has 0 spiro atoms. The molecule has 0 unspecified atom stereocenters. The third-order valence-electron chi connectivity index (χ3n) is 4.93. The highest BCUT2D eigenvalue weighted by Gasteiger charge is 2.37. The van der Waals surface area contributed by atoms with Gasteiger partial charge in [-0.15, -0.1) is 0 Å². The summed E-state index contributed by atoms with van der Waals surface area (Å²) in [6.07, 6.45) is 0. The summed E-state index contributed by atoms with van der Waals surface area (Å²) in [4.78, 5) is 39.3. The second-order valence-electron chi connectivity index (χ2n) is 6.91. The van der Waals surface area contributed by atoms with Crippen LogP contribution in [0.4, 0.5) is 15.8 Å². The summed E-state index contributed by atoms with van der Waals surface area (Å²) in [5.41, 5.74) is 2.71. The van der Waals surface area contributed by atoms with E-state index < -0.39 is 23.5 Å². The van der Waals surface area contributed by atoms with Gasteiger partial charge in [0.05, 0.1) is 16.8 Å². The lowest BCUT2D eigenvalue weighted by molar-refractivity contribution is 0.0925. The summed E-state index contributed by atoms with van der Waals surface area (Å²) in [7, 11) is 0. The second kappa shape index (κ2) is 6.98. The van der Waals surface area contributed by atoms with Gasteiger partial charge in [0, 0.05) is 11.3 Å². The predicted molar refractivity (Wildman–Crippen MR) is 108 cm³/mol. The van der Waals surface area contributed by atoms with E-state index in [0.717, 1.165) is 10.5 Å². The molecule has 0 fully saturated rings. The highest BCUT2D eigenvalue weighted by molar-refractivity contribution is 6.35. The normalized spacial score (nSPS) is 12.9. The topological polar surface area (TPSA) is 66.5 Å². The Kier molecular flexibility index (Phi) is 4.47. The summed E-state index contributed by atoms with van der Waals surface area (Å²) in [5.74, 6) is -1.82. The maximum Gasteiger partial charge on any atom is 0.266 e. The number of para-hydroxylation sites is 1. The highest BCUT2D eigenvalue weighted by Crippen LogP contribution is 2.31. The van der Waals surface area contributed by atoms with Crippen molar-refractivity contribution < 1.29 is 18.8 Å². The quantitative estimate of drug-likeness (QED) is 0.672. The predicted octanol–water partition coefficient (Wildman–Crippen LogP) is 4.50. The van der Waals surface area contributed by atoms with Crippen molar-refractivity contribution in [1.82, 2.24) is 0 Å². The van der Waals surface area contributed by atoms with Gasteiger partial charge in [-0.1, -0.05) is 24.3 Å². The number of hydrogen-bond acceptors (Lipinski definition) is 3. The van der Waals surface area contributed by atoms with E-state index >= 15 is 0 Å². The average Bonchev–Trinajstić information content (AvgIpc) is 2.95. The fourth-order valence-electron chi connectivity index (χ4n) is 3.29. The number of benzene rings is 3. The average molecular weight is 388 g/mol. The molecule has 5 nitrogen and oxygen atoms in total. The molecular weight excluding hydrogens is 371 g/mol. The SMILES string of the molecule is Cc1ccc(NC(=O)c2ccc3c(c2)C(=O)N(c2ccccc2C)C3=O)cc1F. The van der Waals surface area contributed by atoms with Crippen molar-refractivity contribution in [2.24, 2.45) is 0 Å². The lowest BCUT2D eigenvalue weighted by Gasteiger charge is -2.16. The molecular formula is C23H17FN2O3. The van der Waals surface area contributed by atoms with Crippen LogP contribution in [0.1, 0.15) is 42.2 Å². The summed E-state index contributed by atoms with van der Waals surface area (Å²) < 4.78 is 13.7. The first-order valence-corrected chi connectivity index (χ1v) is 9.03. The van der Waals surface area contributed by atoms with Gasteiger partial charge in [0.15, 0.2) is 0 Å². The lowest BCUT2D eigenvalue weighted by atomic mass is 10.1. The van der Waals surface area contributed by atoms with Crippen molar-refractivity contribution in [3.63, 3.8) is 0 Å².